The average molecular weight is 162 g/mol. The fraction of sp³-hybridized carbons (Fsp3) is 0.200. The van der Waals surface area contributed by atoms with Gasteiger partial charge in [0, 0.05) is 0 Å². The maximum Gasteiger partial charge on any atom is 0.326 e. The van der Waals surface area contributed by atoms with Crippen LogP contribution >= 0.6 is 0 Å². The molecule has 0 aliphatic rings. The smallest absolute Gasteiger partial charge is 0.306 e. The van der Waals surface area contributed by atoms with Gasteiger partial charge in [0.2, 0.25) is 5.82 Å². The molecule has 0 spiro atoms. The van der Waals surface area contributed by atoms with Crippen LogP contribution in [0.15, 0.2) is 9.59 Å². The first-order valence-electron chi connectivity index (χ1n) is 2.72. The van der Waals surface area contributed by atoms with Crippen molar-refractivity contribution in [1.82, 2.24) is 9.97 Å². The summed E-state index contributed by atoms with van der Waals surface area (Å²) in [5.74, 6) is -1.29. The van der Waals surface area contributed by atoms with Crippen LogP contribution in [0.2, 0.25) is 0 Å². The summed E-state index contributed by atoms with van der Waals surface area (Å²) in [5, 5.41) is 0. The van der Waals surface area contributed by atoms with Gasteiger partial charge >= 0.3 is 5.69 Å². The van der Waals surface area contributed by atoms with E-state index in [1.54, 1.807) is 9.97 Å². The quantitative estimate of drug-likeness (QED) is 0.593. The molecule has 0 aliphatic carbocycles. The Hall–Kier alpha value is -1.46. The third-order valence-electron chi connectivity index (χ3n) is 1.09. The highest BCUT2D eigenvalue weighted by atomic mass is 19.1. The summed E-state index contributed by atoms with van der Waals surface area (Å²) < 4.78 is 24.2. The second-order valence-corrected chi connectivity index (χ2v) is 1.83. The minimum atomic E-state index is -1.29. The van der Waals surface area contributed by atoms with E-state index in [2.05, 4.69) is 0 Å². The van der Waals surface area contributed by atoms with Crippen molar-refractivity contribution < 1.29 is 8.78 Å². The SMILES string of the molecule is O=c1[nH]c(CF)c(F)c(=O)[nH]1. The third kappa shape index (κ3) is 1.34. The summed E-state index contributed by atoms with van der Waals surface area (Å²) in [5.41, 5.74) is -2.75. The molecule has 0 unspecified atom stereocenters. The topological polar surface area (TPSA) is 65.7 Å². The van der Waals surface area contributed by atoms with Crippen LogP contribution in [-0.2, 0) is 6.67 Å². The molecule has 0 aromatic carbocycles. The van der Waals surface area contributed by atoms with Gasteiger partial charge in [0.15, 0.2) is 0 Å². The Labute approximate surface area is 58.9 Å². The number of rotatable bonds is 1. The van der Waals surface area contributed by atoms with Gasteiger partial charge in [-0.25, -0.2) is 9.18 Å². The minimum Gasteiger partial charge on any atom is -0.306 e. The molecule has 11 heavy (non-hydrogen) atoms. The van der Waals surface area contributed by atoms with E-state index >= 15 is 0 Å². The monoisotopic (exact) mass is 162 g/mol. The molecular weight excluding hydrogens is 158 g/mol. The number of nitrogens with one attached hydrogen (secondary N) is 2. The zero-order valence-electron chi connectivity index (χ0n) is 5.28. The molecule has 0 atom stereocenters. The number of halogens is 2. The molecule has 0 radical (unpaired) electrons. The van der Waals surface area contributed by atoms with Gasteiger partial charge in [0.1, 0.15) is 6.67 Å². The van der Waals surface area contributed by atoms with Crippen LogP contribution in [0.4, 0.5) is 8.78 Å². The van der Waals surface area contributed by atoms with E-state index in [0.717, 1.165) is 0 Å². The first kappa shape index (κ1) is 7.64. The van der Waals surface area contributed by atoms with Gasteiger partial charge in [-0.05, 0) is 0 Å². The fourth-order valence-corrected chi connectivity index (χ4v) is 0.610. The van der Waals surface area contributed by atoms with Crippen LogP contribution in [0.5, 0.6) is 0 Å². The zero-order chi connectivity index (χ0) is 8.43. The molecule has 1 heterocycles. The molecule has 4 nitrogen and oxygen atoms in total. The van der Waals surface area contributed by atoms with Crippen molar-refractivity contribution in [2.45, 2.75) is 6.67 Å². The van der Waals surface area contributed by atoms with Crippen LogP contribution in [0, 0.1) is 5.82 Å². The van der Waals surface area contributed by atoms with Crippen molar-refractivity contribution in [2.24, 2.45) is 0 Å². The molecule has 2 N–H and O–H groups in total. The van der Waals surface area contributed by atoms with E-state index in [4.69, 9.17) is 0 Å². The van der Waals surface area contributed by atoms with Crippen molar-refractivity contribution in [3.63, 3.8) is 0 Å². The fourth-order valence-electron chi connectivity index (χ4n) is 0.610. The molecule has 0 saturated heterocycles. The normalized spacial score (nSPS) is 10.0. The lowest BCUT2D eigenvalue weighted by molar-refractivity contribution is 0.445. The maximum atomic E-state index is 12.4. The lowest BCUT2D eigenvalue weighted by Gasteiger charge is -1.93. The molecule has 0 bridgehead atoms. The molecule has 0 aliphatic heterocycles. The third-order valence-corrected chi connectivity index (χ3v) is 1.09. The molecule has 1 aromatic heterocycles. The first-order chi connectivity index (χ1) is 5.15. The van der Waals surface area contributed by atoms with E-state index < -0.39 is 29.4 Å². The van der Waals surface area contributed by atoms with E-state index in [9.17, 15) is 18.4 Å². The largest absolute Gasteiger partial charge is 0.326 e. The van der Waals surface area contributed by atoms with Gasteiger partial charge in [-0.15, -0.1) is 0 Å². The van der Waals surface area contributed by atoms with Crippen molar-refractivity contribution >= 4 is 0 Å². The molecule has 0 amide bonds. The Morgan fingerprint density at radius 1 is 1.27 bits per heavy atom. The minimum absolute atomic E-state index is 0.626. The van der Waals surface area contributed by atoms with Crippen molar-refractivity contribution in [3.05, 3.63) is 32.3 Å². The van der Waals surface area contributed by atoms with Crippen molar-refractivity contribution in [3.8, 4) is 0 Å². The number of aromatic nitrogens is 2. The number of aromatic amines is 2. The number of H-pyrrole nitrogens is 2. The number of alkyl halides is 1. The van der Waals surface area contributed by atoms with Crippen LogP contribution in [0.25, 0.3) is 0 Å². The van der Waals surface area contributed by atoms with Gasteiger partial charge in [0.25, 0.3) is 5.56 Å². The molecular formula is C5H4F2N2O2. The molecule has 0 saturated carbocycles. The summed E-state index contributed by atoms with van der Waals surface area (Å²) in [6.07, 6.45) is 0. The Kier molecular flexibility index (Phi) is 1.84. The molecule has 0 fully saturated rings. The molecule has 1 aromatic rings. The first-order valence-corrected chi connectivity index (χ1v) is 2.72. The Balaban J connectivity index is 3.49. The standard InChI is InChI=1S/C5H4F2N2O2/c6-1-2-3(7)4(10)9-5(11)8-2/h1H2,(H2,8,9,10,11). The van der Waals surface area contributed by atoms with Gasteiger partial charge in [0.05, 0.1) is 5.69 Å². The lowest BCUT2D eigenvalue weighted by atomic mass is 10.4. The van der Waals surface area contributed by atoms with Crippen LogP contribution in [0.3, 0.4) is 0 Å². The number of hydrogen-bond acceptors (Lipinski definition) is 2. The Bertz CT molecular complexity index is 367. The predicted molar refractivity (Wildman–Crippen MR) is 32.5 cm³/mol. The second-order valence-electron chi connectivity index (χ2n) is 1.83. The predicted octanol–water partition coefficient (Wildman–Crippen LogP) is -0.328. The van der Waals surface area contributed by atoms with Crippen LogP contribution in [-0.4, -0.2) is 9.97 Å². The van der Waals surface area contributed by atoms with Gasteiger partial charge in [-0.3, -0.25) is 9.78 Å². The van der Waals surface area contributed by atoms with Gasteiger partial charge in [-0.2, -0.15) is 4.39 Å². The van der Waals surface area contributed by atoms with Crippen molar-refractivity contribution in [1.29, 1.82) is 0 Å². The second kappa shape index (κ2) is 2.65. The highest BCUT2D eigenvalue weighted by molar-refractivity contribution is 5.00. The highest BCUT2D eigenvalue weighted by Gasteiger charge is 2.06. The van der Waals surface area contributed by atoms with E-state index in [1.165, 1.54) is 0 Å². The highest BCUT2D eigenvalue weighted by Crippen LogP contribution is 1.95. The van der Waals surface area contributed by atoms with E-state index in [0.29, 0.717) is 0 Å². The van der Waals surface area contributed by atoms with E-state index in [1.807, 2.05) is 0 Å². The summed E-state index contributed by atoms with van der Waals surface area (Å²) in [7, 11) is 0. The van der Waals surface area contributed by atoms with Crippen LogP contribution < -0.4 is 11.2 Å². The van der Waals surface area contributed by atoms with Gasteiger partial charge in [-0.1, -0.05) is 0 Å². The summed E-state index contributed by atoms with van der Waals surface area (Å²) >= 11 is 0. The van der Waals surface area contributed by atoms with Crippen molar-refractivity contribution in [2.75, 3.05) is 0 Å². The maximum absolute atomic E-state index is 12.4. The molecule has 6 heteroatoms. The van der Waals surface area contributed by atoms with Gasteiger partial charge < -0.3 is 4.98 Å². The summed E-state index contributed by atoms with van der Waals surface area (Å²) in [6.45, 7) is -1.20. The zero-order valence-corrected chi connectivity index (χ0v) is 5.28. The molecule has 60 valence electrons. The Morgan fingerprint density at radius 3 is 2.45 bits per heavy atom. The number of hydrogen-bond donors (Lipinski definition) is 2. The molecule has 1 rings (SSSR count). The lowest BCUT2D eigenvalue weighted by Crippen LogP contribution is -2.26. The summed E-state index contributed by atoms with van der Waals surface area (Å²) in [4.78, 5) is 24.2. The van der Waals surface area contributed by atoms with Crippen LogP contribution in [0.1, 0.15) is 5.69 Å². The average Bonchev–Trinajstić information content (AvgIpc) is 1.96. The van der Waals surface area contributed by atoms with E-state index in [-0.39, 0.29) is 0 Å². The summed E-state index contributed by atoms with van der Waals surface area (Å²) in [6, 6.07) is 0. The Morgan fingerprint density at radius 2 is 1.91 bits per heavy atom.